The first-order valence-electron chi connectivity index (χ1n) is 8.79. The molecule has 2 aromatic heterocycles. The molecule has 0 saturated heterocycles. The summed E-state index contributed by atoms with van der Waals surface area (Å²) in [5, 5.41) is 1.19. The van der Waals surface area contributed by atoms with Gasteiger partial charge in [-0.1, -0.05) is 48.5 Å². The van der Waals surface area contributed by atoms with Crippen molar-refractivity contribution < 1.29 is 8.98 Å². The average molecular weight is 339 g/mol. The van der Waals surface area contributed by atoms with Gasteiger partial charge in [0.15, 0.2) is 0 Å². The van der Waals surface area contributed by atoms with Crippen molar-refractivity contribution in [2.24, 2.45) is 7.05 Å². The largest absolute Gasteiger partial charge is 0.382 e. The van der Waals surface area contributed by atoms with E-state index in [0.717, 1.165) is 33.9 Å². The smallest absolute Gasteiger partial charge is 0.380 e. The van der Waals surface area contributed by atoms with Gasteiger partial charge in [0.25, 0.3) is 11.2 Å². The first-order valence-corrected chi connectivity index (χ1v) is 8.79. The number of benzene rings is 3. The molecule has 3 heteroatoms. The minimum Gasteiger partial charge on any atom is -0.380 e. The van der Waals surface area contributed by atoms with E-state index in [9.17, 15) is 0 Å². The molecular formula is C23H19N2O+. The normalized spacial score (nSPS) is 11.5. The van der Waals surface area contributed by atoms with Gasteiger partial charge in [0.2, 0.25) is 0 Å². The van der Waals surface area contributed by atoms with Gasteiger partial charge in [-0.25, -0.2) is 0 Å². The molecule has 0 saturated carbocycles. The molecule has 0 aliphatic carbocycles. The molecule has 0 aliphatic heterocycles. The number of hydrogen-bond donors (Lipinski definition) is 0. The summed E-state index contributed by atoms with van der Waals surface area (Å²) in [6, 6.07) is 27.2. The lowest BCUT2D eigenvalue weighted by Crippen LogP contribution is -2.28. The standard InChI is InChI=1S/C23H19N2O/c1-16-10-6-7-13-18(16)22-24(2)21-19-14-8-9-15-20(19)25(23(21)26-22)17-11-4-3-5-12-17/h3-15H,1-2H3/q+1. The van der Waals surface area contributed by atoms with Crippen molar-refractivity contribution in [3.05, 3.63) is 84.4 Å². The predicted molar refractivity (Wildman–Crippen MR) is 104 cm³/mol. The number of oxazole rings is 1. The van der Waals surface area contributed by atoms with Crippen LogP contribution in [0.15, 0.2) is 83.3 Å². The molecule has 0 N–H and O–H groups in total. The molecule has 0 amide bonds. The van der Waals surface area contributed by atoms with E-state index in [0.29, 0.717) is 0 Å². The molecule has 0 fully saturated rings. The second kappa shape index (κ2) is 5.60. The van der Waals surface area contributed by atoms with Crippen LogP contribution in [0, 0.1) is 6.92 Å². The molecule has 3 aromatic carbocycles. The van der Waals surface area contributed by atoms with E-state index in [1.54, 1.807) is 0 Å². The van der Waals surface area contributed by atoms with Gasteiger partial charge < -0.3 is 4.42 Å². The van der Waals surface area contributed by atoms with Crippen LogP contribution in [0.25, 0.3) is 39.3 Å². The van der Waals surface area contributed by atoms with Crippen LogP contribution in [-0.2, 0) is 7.05 Å². The highest BCUT2D eigenvalue weighted by molar-refractivity contribution is 6.03. The molecule has 0 unspecified atom stereocenters. The summed E-state index contributed by atoms with van der Waals surface area (Å²) < 4.78 is 10.8. The Labute approximate surface area is 151 Å². The minimum absolute atomic E-state index is 0.873. The van der Waals surface area contributed by atoms with E-state index in [2.05, 4.69) is 95.9 Å². The van der Waals surface area contributed by atoms with Gasteiger partial charge in [-0.05, 0) is 42.8 Å². The first-order chi connectivity index (χ1) is 12.8. The molecule has 26 heavy (non-hydrogen) atoms. The van der Waals surface area contributed by atoms with Crippen molar-refractivity contribution in [3.8, 4) is 17.1 Å². The van der Waals surface area contributed by atoms with E-state index < -0.39 is 0 Å². The Bertz CT molecular complexity index is 1250. The first kappa shape index (κ1) is 15.0. The molecule has 5 aromatic rings. The highest BCUT2D eigenvalue weighted by Crippen LogP contribution is 2.34. The zero-order chi connectivity index (χ0) is 17.7. The third-order valence-electron chi connectivity index (χ3n) is 5.03. The second-order valence-electron chi connectivity index (χ2n) is 6.62. The van der Waals surface area contributed by atoms with Crippen LogP contribution in [0.2, 0.25) is 0 Å². The predicted octanol–water partition coefficient (Wildman–Crippen LogP) is 5.18. The molecule has 0 atom stereocenters. The van der Waals surface area contributed by atoms with Gasteiger partial charge in [-0.3, -0.25) is 4.57 Å². The maximum absolute atomic E-state index is 6.46. The van der Waals surface area contributed by atoms with Crippen molar-refractivity contribution in [3.63, 3.8) is 0 Å². The summed E-state index contributed by atoms with van der Waals surface area (Å²) in [6.45, 7) is 2.12. The minimum atomic E-state index is 0.873. The average Bonchev–Trinajstić information content (AvgIpc) is 3.17. The molecule has 5 rings (SSSR count). The maximum atomic E-state index is 6.46. The fourth-order valence-electron chi connectivity index (χ4n) is 3.76. The van der Waals surface area contributed by atoms with Crippen molar-refractivity contribution >= 4 is 22.1 Å². The topological polar surface area (TPSA) is 21.9 Å². The Morgan fingerprint density at radius 1 is 0.808 bits per heavy atom. The van der Waals surface area contributed by atoms with Crippen molar-refractivity contribution in [2.45, 2.75) is 6.92 Å². The lowest BCUT2D eigenvalue weighted by atomic mass is 10.1. The van der Waals surface area contributed by atoms with Gasteiger partial charge in [0.1, 0.15) is 7.05 Å². The molecule has 126 valence electrons. The molecule has 0 radical (unpaired) electrons. The molecule has 0 bridgehead atoms. The van der Waals surface area contributed by atoms with Crippen LogP contribution < -0.4 is 4.57 Å². The Kier molecular flexibility index (Phi) is 3.22. The SMILES string of the molecule is Cc1ccccc1-c1oc2c(c3ccccc3n2-c2ccccc2)[n+]1C. The number of hydrogen-bond acceptors (Lipinski definition) is 1. The Morgan fingerprint density at radius 3 is 2.31 bits per heavy atom. The maximum Gasteiger partial charge on any atom is 0.382 e. The zero-order valence-electron chi connectivity index (χ0n) is 14.8. The quantitative estimate of drug-likeness (QED) is 0.406. The summed E-state index contributed by atoms with van der Waals surface area (Å²) in [5.74, 6) is 0.878. The van der Waals surface area contributed by atoms with E-state index in [-0.39, 0.29) is 0 Å². The number of nitrogens with zero attached hydrogens (tertiary/aromatic N) is 2. The van der Waals surface area contributed by atoms with Crippen LogP contribution in [0.1, 0.15) is 5.56 Å². The number of para-hydroxylation sites is 2. The number of rotatable bonds is 2. The van der Waals surface area contributed by atoms with E-state index in [4.69, 9.17) is 4.42 Å². The van der Waals surface area contributed by atoms with E-state index in [1.807, 2.05) is 6.07 Å². The zero-order valence-corrected chi connectivity index (χ0v) is 14.8. The molecule has 2 heterocycles. The lowest BCUT2D eigenvalue weighted by Gasteiger charge is -2.04. The fourth-order valence-corrected chi connectivity index (χ4v) is 3.76. The number of aromatic nitrogens is 2. The molecular weight excluding hydrogens is 320 g/mol. The Balaban J connectivity index is 1.92. The second-order valence-corrected chi connectivity index (χ2v) is 6.62. The Hall–Kier alpha value is -3.33. The molecule has 0 aliphatic rings. The van der Waals surface area contributed by atoms with E-state index >= 15 is 0 Å². The summed E-state index contributed by atoms with van der Waals surface area (Å²) in [7, 11) is 2.08. The summed E-state index contributed by atoms with van der Waals surface area (Å²) in [4.78, 5) is 0. The number of aryl methyl sites for hydroxylation is 2. The van der Waals surface area contributed by atoms with Gasteiger partial charge in [0, 0.05) is 5.69 Å². The number of fused-ring (bicyclic) bond motifs is 3. The monoisotopic (exact) mass is 339 g/mol. The summed E-state index contributed by atoms with van der Waals surface area (Å²) in [5.41, 5.74) is 6.56. The highest BCUT2D eigenvalue weighted by Gasteiger charge is 2.29. The van der Waals surface area contributed by atoms with Crippen LogP contribution in [0.3, 0.4) is 0 Å². The lowest BCUT2D eigenvalue weighted by molar-refractivity contribution is -0.636. The van der Waals surface area contributed by atoms with Gasteiger partial charge in [-0.2, -0.15) is 4.57 Å². The third kappa shape index (κ3) is 2.04. The van der Waals surface area contributed by atoms with Crippen molar-refractivity contribution in [2.75, 3.05) is 0 Å². The van der Waals surface area contributed by atoms with Gasteiger partial charge in [-0.15, -0.1) is 0 Å². The molecule has 0 spiro atoms. The van der Waals surface area contributed by atoms with Crippen LogP contribution in [0.5, 0.6) is 0 Å². The Morgan fingerprint density at radius 2 is 1.50 bits per heavy atom. The van der Waals surface area contributed by atoms with Crippen molar-refractivity contribution in [1.82, 2.24) is 4.57 Å². The molecule has 3 nitrogen and oxygen atoms in total. The van der Waals surface area contributed by atoms with E-state index in [1.165, 1.54) is 10.9 Å². The third-order valence-corrected chi connectivity index (χ3v) is 5.03. The van der Waals surface area contributed by atoms with Crippen molar-refractivity contribution in [1.29, 1.82) is 0 Å². The highest BCUT2D eigenvalue weighted by atomic mass is 16.4. The van der Waals surface area contributed by atoms with Crippen LogP contribution in [0.4, 0.5) is 0 Å². The van der Waals surface area contributed by atoms with Gasteiger partial charge in [0.05, 0.1) is 16.5 Å². The van der Waals surface area contributed by atoms with Gasteiger partial charge >= 0.3 is 5.89 Å². The summed E-state index contributed by atoms with van der Waals surface area (Å²) >= 11 is 0. The fraction of sp³-hybridized carbons (Fsp3) is 0.0870. The van der Waals surface area contributed by atoms with Crippen LogP contribution >= 0.6 is 0 Å². The summed E-state index contributed by atoms with van der Waals surface area (Å²) in [6.07, 6.45) is 0. The van der Waals surface area contributed by atoms with Crippen LogP contribution in [-0.4, -0.2) is 4.57 Å².